The molecule has 4 heteroatoms. The van der Waals surface area contributed by atoms with Crippen molar-refractivity contribution in [3.63, 3.8) is 0 Å². The van der Waals surface area contributed by atoms with Crippen molar-refractivity contribution < 1.29 is 0 Å². The van der Waals surface area contributed by atoms with Gasteiger partial charge in [-0.1, -0.05) is 19.1 Å². The van der Waals surface area contributed by atoms with E-state index in [1.54, 1.807) is 0 Å². The summed E-state index contributed by atoms with van der Waals surface area (Å²) in [6, 6.07) is 8.40. The van der Waals surface area contributed by atoms with E-state index in [0.29, 0.717) is 0 Å². The van der Waals surface area contributed by atoms with Gasteiger partial charge in [-0.3, -0.25) is 0 Å². The third kappa shape index (κ3) is 3.05. The number of anilines is 1. The normalized spacial score (nSPS) is 19.0. The SMILES string of the molecule is CCCN(CC1CCCNC1)c1nc2ccccc2n1C. The van der Waals surface area contributed by atoms with E-state index >= 15 is 0 Å². The van der Waals surface area contributed by atoms with Crippen LogP contribution in [0.25, 0.3) is 11.0 Å². The number of nitrogens with one attached hydrogen (secondary N) is 1. The Labute approximate surface area is 127 Å². The maximum atomic E-state index is 4.87. The Hall–Kier alpha value is -1.55. The number of aromatic nitrogens is 2. The molecule has 0 saturated carbocycles. The van der Waals surface area contributed by atoms with E-state index in [1.807, 2.05) is 0 Å². The van der Waals surface area contributed by atoms with Gasteiger partial charge in [0, 0.05) is 20.1 Å². The maximum Gasteiger partial charge on any atom is 0.206 e. The average molecular weight is 286 g/mol. The molecule has 0 spiro atoms. The molecule has 1 N–H and O–H groups in total. The van der Waals surface area contributed by atoms with Gasteiger partial charge in [-0.2, -0.15) is 0 Å². The van der Waals surface area contributed by atoms with E-state index < -0.39 is 0 Å². The van der Waals surface area contributed by atoms with Gasteiger partial charge in [0.25, 0.3) is 0 Å². The van der Waals surface area contributed by atoms with Crippen LogP contribution in [-0.4, -0.2) is 35.7 Å². The maximum absolute atomic E-state index is 4.87. The number of imidazole rings is 1. The van der Waals surface area contributed by atoms with Crippen molar-refractivity contribution in [1.29, 1.82) is 0 Å². The third-order valence-corrected chi connectivity index (χ3v) is 4.42. The first-order chi connectivity index (χ1) is 10.3. The summed E-state index contributed by atoms with van der Waals surface area (Å²) in [6.45, 7) is 6.75. The molecule has 1 aliphatic rings. The van der Waals surface area contributed by atoms with Gasteiger partial charge in [-0.05, 0) is 50.4 Å². The molecule has 21 heavy (non-hydrogen) atoms. The molecular formula is C17H26N4. The molecule has 2 aromatic rings. The topological polar surface area (TPSA) is 33.1 Å². The Morgan fingerprint density at radius 1 is 1.38 bits per heavy atom. The number of hydrogen-bond acceptors (Lipinski definition) is 3. The summed E-state index contributed by atoms with van der Waals surface area (Å²) >= 11 is 0. The molecule has 1 atom stereocenters. The largest absolute Gasteiger partial charge is 0.342 e. The highest BCUT2D eigenvalue weighted by atomic mass is 15.3. The predicted octanol–water partition coefficient (Wildman–Crippen LogP) is 2.79. The second-order valence-corrected chi connectivity index (χ2v) is 6.12. The smallest absolute Gasteiger partial charge is 0.206 e. The molecule has 3 rings (SSSR count). The van der Waals surface area contributed by atoms with Crippen LogP contribution in [0.3, 0.4) is 0 Å². The molecule has 0 bridgehead atoms. The number of fused-ring (bicyclic) bond motifs is 1. The van der Waals surface area contributed by atoms with Crippen LogP contribution in [0.5, 0.6) is 0 Å². The van der Waals surface area contributed by atoms with Crippen molar-refractivity contribution in [2.45, 2.75) is 26.2 Å². The second kappa shape index (κ2) is 6.48. The van der Waals surface area contributed by atoms with Crippen LogP contribution in [0.1, 0.15) is 26.2 Å². The number of hydrogen-bond donors (Lipinski definition) is 1. The van der Waals surface area contributed by atoms with E-state index in [2.05, 4.69) is 53.0 Å². The predicted molar refractivity (Wildman–Crippen MR) is 88.8 cm³/mol. The van der Waals surface area contributed by atoms with Crippen LogP contribution in [-0.2, 0) is 7.05 Å². The molecule has 1 fully saturated rings. The lowest BCUT2D eigenvalue weighted by atomic mass is 9.99. The lowest BCUT2D eigenvalue weighted by molar-refractivity contribution is 0.374. The van der Waals surface area contributed by atoms with Crippen molar-refractivity contribution in [2.24, 2.45) is 13.0 Å². The summed E-state index contributed by atoms with van der Waals surface area (Å²) in [5, 5.41) is 3.52. The van der Waals surface area contributed by atoms with E-state index in [0.717, 1.165) is 43.4 Å². The molecule has 1 aliphatic heterocycles. The average Bonchev–Trinajstić information content (AvgIpc) is 2.85. The number of para-hydroxylation sites is 2. The van der Waals surface area contributed by atoms with Gasteiger partial charge in [0.15, 0.2) is 0 Å². The first-order valence-electron chi connectivity index (χ1n) is 8.16. The molecule has 0 radical (unpaired) electrons. The monoisotopic (exact) mass is 286 g/mol. The van der Waals surface area contributed by atoms with Crippen LogP contribution in [0.15, 0.2) is 24.3 Å². The summed E-state index contributed by atoms with van der Waals surface area (Å²) in [7, 11) is 2.13. The number of aryl methyl sites for hydroxylation is 1. The molecule has 0 amide bonds. The van der Waals surface area contributed by atoms with Gasteiger partial charge in [0.1, 0.15) is 0 Å². The minimum Gasteiger partial charge on any atom is -0.342 e. The summed E-state index contributed by atoms with van der Waals surface area (Å²) < 4.78 is 2.24. The Balaban J connectivity index is 1.85. The minimum absolute atomic E-state index is 0.741. The van der Waals surface area contributed by atoms with Crippen molar-refractivity contribution in [3.8, 4) is 0 Å². The molecule has 1 unspecified atom stereocenters. The van der Waals surface area contributed by atoms with Crippen LogP contribution < -0.4 is 10.2 Å². The zero-order valence-electron chi connectivity index (χ0n) is 13.2. The van der Waals surface area contributed by atoms with Gasteiger partial charge in [0.05, 0.1) is 11.0 Å². The summed E-state index contributed by atoms with van der Waals surface area (Å²) in [4.78, 5) is 7.34. The van der Waals surface area contributed by atoms with E-state index in [4.69, 9.17) is 4.98 Å². The van der Waals surface area contributed by atoms with Crippen molar-refractivity contribution in [1.82, 2.24) is 14.9 Å². The molecular weight excluding hydrogens is 260 g/mol. The van der Waals surface area contributed by atoms with E-state index in [9.17, 15) is 0 Å². The van der Waals surface area contributed by atoms with Gasteiger partial charge < -0.3 is 14.8 Å². The van der Waals surface area contributed by atoms with Crippen LogP contribution in [0, 0.1) is 5.92 Å². The highest BCUT2D eigenvalue weighted by molar-refractivity contribution is 5.78. The molecule has 1 aromatic heterocycles. The number of nitrogens with zero attached hydrogens (tertiary/aromatic N) is 3. The number of piperidine rings is 1. The minimum atomic E-state index is 0.741. The Morgan fingerprint density at radius 3 is 2.95 bits per heavy atom. The highest BCUT2D eigenvalue weighted by Crippen LogP contribution is 2.23. The van der Waals surface area contributed by atoms with Gasteiger partial charge in [-0.15, -0.1) is 0 Å². The van der Waals surface area contributed by atoms with Crippen LogP contribution in [0.2, 0.25) is 0 Å². The van der Waals surface area contributed by atoms with E-state index in [1.165, 1.54) is 24.9 Å². The van der Waals surface area contributed by atoms with E-state index in [-0.39, 0.29) is 0 Å². The first kappa shape index (κ1) is 14.4. The molecule has 0 aliphatic carbocycles. The highest BCUT2D eigenvalue weighted by Gasteiger charge is 2.20. The van der Waals surface area contributed by atoms with Crippen LogP contribution in [0.4, 0.5) is 5.95 Å². The first-order valence-corrected chi connectivity index (χ1v) is 8.16. The second-order valence-electron chi connectivity index (χ2n) is 6.12. The zero-order chi connectivity index (χ0) is 14.7. The van der Waals surface area contributed by atoms with Crippen LogP contribution >= 0.6 is 0 Å². The van der Waals surface area contributed by atoms with Gasteiger partial charge >= 0.3 is 0 Å². The van der Waals surface area contributed by atoms with Gasteiger partial charge in [-0.25, -0.2) is 4.98 Å². The molecule has 2 heterocycles. The fraction of sp³-hybridized carbons (Fsp3) is 0.588. The molecule has 1 saturated heterocycles. The fourth-order valence-electron chi connectivity index (χ4n) is 3.35. The standard InChI is InChI=1S/C17H26N4/c1-3-11-21(13-14-7-6-10-18-12-14)17-19-15-8-4-5-9-16(15)20(17)2/h4-5,8-9,14,18H,3,6-7,10-13H2,1-2H3. The molecule has 4 nitrogen and oxygen atoms in total. The Kier molecular flexibility index (Phi) is 4.44. The summed E-state index contributed by atoms with van der Waals surface area (Å²) in [6.07, 6.45) is 3.79. The summed E-state index contributed by atoms with van der Waals surface area (Å²) in [5.74, 6) is 1.86. The quantitative estimate of drug-likeness (QED) is 0.917. The Bertz CT molecular complexity index is 583. The molecule has 1 aromatic carbocycles. The lowest BCUT2D eigenvalue weighted by Gasteiger charge is -2.30. The fourth-order valence-corrected chi connectivity index (χ4v) is 3.35. The lowest BCUT2D eigenvalue weighted by Crippen LogP contribution is -2.39. The third-order valence-electron chi connectivity index (χ3n) is 4.42. The Morgan fingerprint density at radius 2 is 2.24 bits per heavy atom. The number of benzene rings is 1. The van der Waals surface area contributed by atoms with Gasteiger partial charge in [0.2, 0.25) is 5.95 Å². The van der Waals surface area contributed by atoms with Crippen molar-refractivity contribution in [2.75, 3.05) is 31.1 Å². The van der Waals surface area contributed by atoms with Crippen molar-refractivity contribution in [3.05, 3.63) is 24.3 Å². The summed E-state index contributed by atoms with van der Waals surface area (Å²) in [5.41, 5.74) is 2.31. The number of rotatable bonds is 5. The van der Waals surface area contributed by atoms with Crippen molar-refractivity contribution >= 4 is 17.0 Å². The molecule has 114 valence electrons. The zero-order valence-corrected chi connectivity index (χ0v) is 13.2.